The molecule has 9 nitrogen and oxygen atoms in total. The van der Waals surface area contributed by atoms with Gasteiger partial charge < -0.3 is 14.4 Å². The van der Waals surface area contributed by atoms with Crippen LogP contribution >= 0.6 is 0 Å². The van der Waals surface area contributed by atoms with Crippen LogP contribution in [0.1, 0.15) is 71.3 Å². The number of ketones is 1. The van der Waals surface area contributed by atoms with Gasteiger partial charge in [0.25, 0.3) is 0 Å². The highest BCUT2D eigenvalue weighted by atomic mass is 16.5. The number of esters is 2. The van der Waals surface area contributed by atoms with E-state index in [1.165, 1.54) is 0 Å². The van der Waals surface area contributed by atoms with Gasteiger partial charge in [0.2, 0.25) is 5.91 Å². The second-order valence-corrected chi connectivity index (χ2v) is 8.48. The Morgan fingerprint density at radius 2 is 1.65 bits per heavy atom. The molecule has 1 aromatic rings. The highest BCUT2D eigenvalue weighted by molar-refractivity contribution is 6.40. The van der Waals surface area contributed by atoms with E-state index in [9.17, 15) is 19.2 Å². The van der Waals surface area contributed by atoms with Crippen LogP contribution in [0.25, 0.3) is 0 Å². The van der Waals surface area contributed by atoms with Crippen LogP contribution in [0.4, 0.5) is 11.4 Å². The zero-order chi connectivity index (χ0) is 24.7. The maximum atomic E-state index is 13.6. The van der Waals surface area contributed by atoms with Crippen molar-refractivity contribution in [3.8, 4) is 0 Å². The van der Waals surface area contributed by atoms with Crippen LogP contribution in [0.3, 0.4) is 0 Å². The number of ether oxygens (including phenoxy) is 2. The molecule has 1 heterocycles. The number of amides is 1. The van der Waals surface area contributed by atoms with Crippen molar-refractivity contribution >= 4 is 40.7 Å². The van der Waals surface area contributed by atoms with Gasteiger partial charge in [-0.05, 0) is 63.8 Å². The molecule has 0 unspecified atom stereocenters. The lowest BCUT2D eigenvalue weighted by atomic mass is 9.75. The van der Waals surface area contributed by atoms with Crippen LogP contribution in [0.15, 0.2) is 23.3 Å². The van der Waals surface area contributed by atoms with Gasteiger partial charge in [-0.2, -0.15) is 5.10 Å². The van der Waals surface area contributed by atoms with E-state index in [1.54, 1.807) is 36.9 Å². The number of fused-ring (bicyclic) bond motifs is 1. The predicted octanol–water partition coefficient (Wildman–Crippen LogP) is 3.50. The van der Waals surface area contributed by atoms with E-state index in [0.29, 0.717) is 42.0 Å². The van der Waals surface area contributed by atoms with Gasteiger partial charge in [-0.3, -0.25) is 24.6 Å². The van der Waals surface area contributed by atoms with Crippen molar-refractivity contribution in [3.63, 3.8) is 0 Å². The zero-order valence-electron chi connectivity index (χ0n) is 20.1. The monoisotopic (exact) mass is 471 g/mol. The van der Waals surface area contributed by atoms with Crippen LogP contribution in [0, 0.1) is 0 Å². The smallest absolute Gasteiger partial charge is 0.307 e. The van der Waals surface area contributed by atoms with Crippen molar-refractivity contribution < 1.29 is 28.7 Å². The second-order valence-electron chi connectivity index (χ2n) is 8.48. The molecule has 1 saturated carbocycles. The Morgan fingerprint density at radius 1 is 1.00 bits per heavy atom. The Labute approximate surface area is 199 Å². The number of hydrogen-bond acceptors (Lipinski definition) is 8. The van der Waals surface area contributed by atoms with Crippen molar-refractivity contribution in [3.05, 3.63) is 23.8 Å². The molecule has 1 aliphatic carbocycles. The first kappa shape index (κ1) is 25.4. The normalized spacial score (nSPS) is 18.4. The number of benzene rings is 1. The number of rotatable bonds is 9. The van der Waals surface area contributed by atoms with Gasteiger partial charge in [-0.25, -0.2) is 0 Å². The number of hydrogen-bond donors (Lipinski definition) is 1. The molecule has 1 fully saturated rings. The van der Waals surface area contributed by atoms with Crippen LogP contribution in [-0.2, 0) is 34.1 Å². The van der Waals surface area contributed by atoms with Gasteiger partial charge in [0.1, 0.15) is 5.71 Å². The maximum Gasteiger partial charge on any atom is 0.307 e. The van der Waals surface area contributed by atoms with Crippen molar-refractivity contribution in [2.45, 2.75) is 71.1 Å². The van der Waals surface area contributed by atoms with Gasteiger partial charge in [0, 0.05) is 18.7 Å². The Bertz CT molecular complexity index is 967. The summed E-state index contributed by atoms with van der Waals surface area (Å²) in [5.74, 6) is -1.43. The Hall–Kier alpha value is -3.23. The molecule has 1 amide bonds. The average Bonchev–Trinajstić information content (AvgIpc) is 2.91. The molecule has 0 bridgehead atoms. The van der Waals surface area contributed by atoms with Gasteiger partial charge in [-0.1, -0.05) is 6.42 Å². The summed E-state index contributed by atoms with van der Waals surface area (Å²) in [5.41, 5.74) is 3.75. The molecule has 0 radical (unpaired) electrons. The van der Waals surface area contributed by atoms with E-state index < -0.39 is 17.4 Å². The van der Waals surface area contributed by atoms with Crippen molar-refractivity contribution in [2.75, 3.05) is 30.1 Å². The van der Waals surface area contributed by atoms with Gasteiger partial charge in [-0.15, -0.1) is 0 Å². The minimum atomic E-state index is -1.44. The molecule has 1 N–H and O–H groups in total. The highest BCUT2D eigenvalue weighted by Gasteiger charge is 2.53. The number of Topliss-reactive ketones (excluding diaryl/α,β-unsaturated/α-hetero) is 1. The summed E-state index contributed by atoms with van der Waals surface area (Å²) in [7, 11) is 0. The van der Waals surface area contributed by atoms with Gasteiger partial charge >= 0.3 is 11.9 Å². The second kappa shape index (κ2) is 11.3. The molecule has 0 spiro atoms. The first-order chi connectivity index (χ1) is 16.4. The predicted molar refractivity (Wildman–Crippen MR) is 128 cm³/mol. The molecule has 34 heavy (non-hydrogen) atoms. The lowest BCUT2D eigenvalue weighted by molar-refractivity contribution is -0.151. The van der Waals surface area contributed by atoms with E-state index >= 15 is 0 Å². The largest absolute Gasteiger partial charge is 0.466 e. The Morgan fingerprint density at radius 3 is 2.26 bits per heavy atom. The molecule has 3 rings (SSSR count). The molecule has 184 valence electrons. The Kier molecular flexibility index (Phi) is 8.41. The number of likely N-dealkylation sites (N-methyl/N-ethyl adjacent to an activating group) is 1. The number of nitrogens with one attached hydrogen (secondary N) is 1. The summed E-state index contributed by atoms with van der Waals surface area (Å²) in [6, 6.07) is 5.27. The first-order valence-corrected chi connectivity index (χ1v) is 12.0. The lowest BCUT2D eigenvalue weighted by Crippen LogP contribution is -2.44. The molecule has 0 saturated heterocycles. The van der Waals surface area contributed by atoms with Crippen molar-refractivity contribution in [1.29, 1.82) is 0 Å². The van der Waals surface area contributed by atoms with Crippen LogP contribution in [-0.4, -0.2) is 49.1 Å². The summed E-state index contributed by atoms with van der Waals surface area (Å²) in [6.07, 6.45) is 3.34. The first-order valence-electron chi connectivity index (χ1n) is 12.0. The molecule has 0 aromatic heterocycles. The number of anilines is 2. The zero-order valence-corrected chi connectivity index (χ0v) is 20.1. The van der Waals surface area contributed by atoms with Gasteiger partial charge in [0.05, 0.1) is 37.2 Å². The van der Waals surface area contributed by atoms with E-state index in [-0.39, 0.29) is 37.7 Å². The minimum absolute atomic E-state index is 0.0393. The fraction of sp³-hybridized carbons (Fsp3) is 0.560. The number of nitrogens with zero attached hydrogens (tertiary/aromatic N) is 2. The minimum Gasteiger partial charge on any atom is -0.466 e. The van der Waals surface area contributed by atoms with Crippen LogP contribution < -0.4 is 10.3 Å². The fourth-order valence-electron chi connectivity index (χ4n) is 4.63. The summed E-state index contributed by atoms with van der Waals surface area (Å²) in [4.78, 5) is 52.6. The molecule has 9 heteroatoms. The third kappa shape index (κ3) is 5.29. The molecule has 1 aliphatic heterocycles. The van der Waals surface area contributed by atoms with Crippen molar-refractivity contribution in [2.24, 2.45) is 5.10 Å². The van der Waals surface area contributed by atoms with E-state index in [0.717, 1.165) is 19.3 Å². The third-order valence-electron chi connectivity index (χ3n) is 6.24. The molecule has 2 aliphatic rings. The lowest BCUT2D eigenvalue weighted by Gasteiger charge is -2.27. The summed E-state index contributed by atoms with van der Waals surface area (Å²) in [6.45, 7) is 5.93. The van der Waals surface area contributed by atoms with E-state index in [2.05, 4.69) is 10.5 Å². The highest BCUT2D eigenvalue weighted by Crippen LogP contribution is 2.47. The van der Waals surface area contributed by atoms with Crippen LogP contribution in [0.2, 0.25) is 0 Å². The molecular formula is C25H33N3O6. The van der Waals surface area contributed by atoms with Crippen LogP contribution in [0.5, 0.6) is 0 Å². The summed E-state index contributed by atoms with van der Waals surface area (Å²) in [5, 5.41) is 4.34. The van der Waals surface area contributed by atoms with Gasteiger partial charge in [0.15, 0.2) is 5.78 Å². The topological polar surface area (TPSA) is 114 Å². The van der Waals surface area contributed by atoms with E-state index in [4.69, 9.17) is 9.47 Å². The quantitative estimate of drug-likeness (QED) is 0.333. The number of hydrazone groups is 1. The molecule has 1 aromatic carbocycles. The molecular weight excluding hydrogens is 438 g/mol. The summed E-state index contributed by atoms with van der Waals surface area (Å²) < 4.78 is 10.3. The maximum absolute atomic E-state index is 13.6. The fourth-order valence-corrected chi connectivity index (χ4v) is 4.63. The SMILES string of the molecule is CCOC(=O)CC1(CC(=O)OCC)C(=O)N(CC)c2ccc(N/N=C3/CCCCCC3=O)cc21. The summed E-state index contributed by atoms with van der Waals surface area (Å²) >= 11 is 0. The number of carbonyl (C=O) groups excluding carboxylic acids is 4. The molecule has 0 atom stereocenters. The Balaban J connectivity index is 2.02. The van der Waals surface area contributed by atoms with Crippen molar-refractivity contribution in [1.82, 2.24) is 0 Å². The average molecular weight is 472 g/mol. The number of carbonyl (C=O) groups is 4. The third-order valence-corrected chi connectivity index (χ3v) is 6.24. The standard InChI is InChI=1S/C25H33N3O6/c1-4-28-20-13-12-17(26-27-19-10-8-7-9-11-21(19)29)14-18(20)25(24(28)32,15-22(30)33-5-2)16-23(31)34-6-3/h12-14,26H,4-11,15-16H2,1-3H3/b27-19-. The van der Waals surface area contributed by atoms with E-state index in [1.807, 2.05) is 6.92 Å².